The van der Waals surface area contributed by atoms with Gasteiger partial charge < -0.3 is 4.90 Å². The maximum atomic E-state index is 13.8. The molecular weight excluding hydrogens is 323 g/mol. The van der Waals surface area contributed by atoms with Crippen LogP contribution >= 0.6 is 11.8 Å². The average molecular weight is 342 g/mol. The van der Waals surface area contributed by atoms with Crippen LogP contribution in [-0.4, -0.2) is 17.7 Å². The van der Waals surface area contributed by atoms with Crippen molar-refractivity contribution in [3.8, 4) is 6.07 Å². The molecule has 5 heteroatoms. The Balaban J connectivity index is 2.19. The summed E-state index contributed by atoms with van der Waals surface area (Å²) in [4.78, 5) is 14.9. The lowest BCUT2D eigenvalue weighted by molar-refractivity contribution is -0.117. The fraction of sp³-hybridized carbons (Fsp3) is 0.263. The minimum Gasteiger partial charge on any atom is -0.310 e. The first-order valence-electron chi connectivity index (χ1n) is 7.69. The monoisotopic (exact) mass is 342 g/mol. The predicted octanol–water partition coefficient (Wildman–Crippen LogP) is 4.56. The topological polar surface area (TPSA) is 44.1 Å². The number of thioether (sulfide) groups is 1. The van der Waals surface area contributed by atoms with Crippen molar-refractivity contribution >= 4 is 23.4 Å². The molecule has 0 aliphatic rings. The van der Waals surface area contributed by atoms with Gasteiger partial charge in [0.25, 0.3) is 0 Å². The molecule has 0 heterocycles. The number of carbonyl (C=O) groups excluding carboxylic acids is 1. The summed E-state index contributed by atoms with van der Waals surface area (Å²) in [5.74, 6) is -0.469. The molecule has 0 fully saturated rings. The minimum absolute atomic E-state index is 0.137. The zero-order valence-corrected chi connectivity index (χ0v) is 14.5. The van der Waals surface area contributed by atoms with Crippen molar-refractivity contribution in [1.29, 1.82) is 5.26 Å². The number of nitrogens with zero attached hydrogens (tertiary/aromatic N) is 2. The van der Waals surface area contributed by atoms with E-state index < -0.39 is 5.25 Å². The molecule has 0 aliphatic heterocycles. The Labute approximate surface area is 146 Å². The molecule has 0 N–H and O–H groups in total. The second-order valence-electron chi connectivity index (χ2n) is 5.42. The van der Waals surface area contributed by atoms with Gasteiger partial charge in [-0.05, 0) is 38.1 Å². The van der Waals surface area contributed by atoms with Gasteiger partial charge in [0.15, 0.2) is 0 Å². The zero-order chi connectivity index (χ0) is 17.5. The van der Waals surface area contributed by atoms with Crippen LogP contribution in [0.25, 0.3) is 0 Å². The third kappa shape index (κ3) is 4.59. The largest absolute Gasteiger partial charge is 0.310 e. The van der Waals surface area contributed by atoms with Crippen LogP contribution in [0.2, 0.25) is 0 Å². The summed E-state index contributed by atoms with van der Waals surface area (Å²) in [7, 11) is 0. The van der Waals surface area contributed by atoms with Gasteiger partial charge in [-0.2, -0.15) is 5.26 Å². The van der Waals surface area contributed by atoms with Crippen LogP contribution in [0, 0.1) is 24.1 Å². The number of nitriles is 1. The van der Waals surface area contributed by atoms with Crippen LogP contribution < -0.4 is 4.90 Å². The zero-order valence-electron chi connectivity index (χ0n) is 13.7. The molecule has 0 bridgehead atoms. The van der Waals surface area contributed by atoms with Gasteiger partial charge in [0.2, 0.25) is 5.91 Å². The number of hydrogen-bond acceptors (Lipinski definition) is 3. The minimum atomic E-state index is -0.457. The smallest absolute Gasteiger partial charge is 0.240 e. The number of carbonyl (C=O) groups is 1. The van der Waals surface area contributed by atoms with Crippen molar-refractivity contribution < 1.29 is 9.18 Å². The van der Waals surface area contributed by atoms with Gasteiger partial charge in [-0.1, -0.05) is 29.8 Å². The Morgan fingerprint density at radius 2 is 1.92 bits per heavy atom. The number of rotatable bonds is 6. The quantitative estimate of drug-likeness (QED) is 0.723. The van der Waals surface area contributed by atoms with E-state index in [0.29, 0.717) is 11.4 Å². The first-order valence-corrected chi connectivity index (χ1v) is 8.57. The van der Waals surface area contributed by atoms with Crippen LogP contribution in [-0.2, 0) is 4.79 Å². The maximum Gasteiger partial charge on any atom is 0.240 e. The molecule has 1 unspecified atom stereocenters. The molecule has 3 nitrogen and oxygen atoms in total. The first-order chi connectivity index (χ1) is 11.5. The number of aryl methyl sites for hydroxylation is 1. The van der Waals surface area contributed by atoms with Gasteiger partial charge in [0.1, 0.15) is 5.82 Å². The van der Waals surface area contributed by atoms with Crippen molar-refractivity contribution in [3.63, 3.8) is 0 Å². The summed E-state index contributed by atoms with van der Waals surface area (Å²) in [6.45, 7) is 4.05. The number of anilines is 1. The van der Waals surface area contributed by atoms with Gasteiger partial charge in [-0.3, -0.25) is 4.79 Å². The highest BCUT2D eigenvalue weighted by atomic mass is 32.2. The molecule has 2 rings (SSSR count). The molecule has 0 aromatic heterocycles. The Kier molecular flexibility index (Phi) is 6.39. The fourth-order valence-electron chi connectivity index (χ4n) is 2.25. The van der Waals surface area contributed by atoms with Crippen molar-refractivity contribution in [3.05, 3.63) is 59.9 Å². The summed E-state index contributed by atoms with van der Waals surface area (Å²) in [5.41, 5.74) is 1.85. The molecule has 124 valence electrons. The van der Waals surface area contributed by atoms with Crippen LogP contribution in [0.3, 0.4) is 0 Å². The molecule has 24 heavy (non-hydrogen) atoms. The Hall–Kier alpha value is -2.32. The lowest BCUT2D eigenvalue weighted by Crippen LogP contribution is -2.37. The molecular formula is C19H19FN2OS. The molecule has 1 amide bonds. The Bertz CT molecular complexity index is 740. The van der Waals surface area contributed by atoms with Gasteiger partial charge in [-0.25, -0.2) is 4.39 Å². The predicted molar refractivity (Wildman–Crippen MR) is 95.5 cm³/mol. The van der Waals surface area contributed by atoms with Gasteiger partial charge >= 0.3 is 0 Å². The highest BCUT2D eigenvalue weighted by molar-refractivity contribution is 8.00. The standard InChI is InChI=1S/C19H19FN2OS/c1-14-8-10-16(11-9-14)22(13-5-12-21)19(23)15(2)24-18-7-4-3-6-17(18)20/h3-4,6-11,15H,5,13H2,1-2H3. The molecule has 2 aromatic carbocycles. The van der Waals surface area contributed by atoms with E-state index in [9.17, 15) is 9.18 Å². The van der Waals surface area contributed by atoms with Crippen LogP contribution in [0.15, 0.2) is 53.4 Å². The van der Waals surface area contributed by atoms with Gasteiger partial charge in [0.05, 0.1) is 17.7 Å². The average Bonchev–Trinajstić information content (AvgIpc) is 2.58. The third-order valence-electron chi connectivity index (χ3n) is 3.55. The highest BCUT2D eigenvalue weighted by Gasteiger charge is 2.23. The number of hydrogen-bond donors (Lipinski definition) is 0. The summed E-state index contributed by atoms with van der Waals surface area (Å²) in [6.07, 6.45) is 0.247. The summed E-state index contributed by atoms with van der Waals surface area (Å²) >= 11 is 1.19. The molecule has 0 saturated carbocycles. The van der Waals surface area contributed by atoms with E-state index in [4.69, 9.17) is 5.26 Å². The van der Waals surface area contributed by atoms with E-state index in [-0.39, 0.29) is 18.1 Å². The molecule has 0 radical (unpaired) electrons. The second kappa shape index (κ2) is 8.51. The number of halogens is 1. The SMILES string of the molecule is Cc1ccc(N(CCC#N)C(=O)C(C)Sc2ccccc2F)cc1. The first kappa shape index (κ1) is 18.0. The van der Waals surface area contributed by atoms with Crippen LogP contribution in [0.5, 0.6) is 0 Å². The lowest BCUT2D eigenvalue weighted by atomic mass is 10.2. The van der Waals surface area contributed by atoms with Crippen LogP contribution in [0.4, 0.5) is 10.1 Å². The van der Waals surface area contributed by atoms with Gasteiger partial charge in [0, 0.05) is 17.1 Å². The second-order valence-corrected chi connectivity index (χ2v) is 6.81. The Morgan fingerprint density at radius 3 is 2.54 bits per heavy atom. The Morgan fingerprint density at radius 1 is 1.25 bits per heavy atom. The number of benzene rings is 2. The van der Waals surface area contributed by atoms with E-state index in [0.717, 1.165) is 11.3 Å². The van der Waals surface area contributed by atoms with E-state index in [1.807, 2.05) is 31.2 Å². The third-order valence-corrected chi connectivity index (χ3v) is 4.69. The molecule has 2 aromatic rings. The number of amides is 1. The van der Waals surface area contributed by atoms with Crippen molar-refractivity contribution in [2.75, 3.05) is 11.4 Å². The fourth-order valence-corrected chi connectivity index (χ4v) is 3.20. The summed E-state index contributed by atoms with van der Waals surface area (Å²) in [5, 5.41) is 8.40. The van der Waals surface area contributed by atoms with Crippen LogP contribution in [0.1, 0.15) is 18.9 Å². The summed E-state index contributed by atoms with van der Waals surface area (Å²) < 4.78 is 13.8. The van der Waals surface area contributed by atoms with Crippen molar-refractivity contribution in [2.24, 2.45) is 0 Å². The summed E-state index contributed by atoms with van der Waals surface area (Å²) in [6, 6.07) is 16.1. The molecule has 1 atom stereocenters. The van der Waals surface area contributed by atoms with Gasteiger partial charge in [-0.15, -0.1) is 11.8 Å². The normalized spacial score (nSPS) is 11.6. The molecule has 0 saturated heterocycles. The van der Waals surface area contributed by atoms with E-state index in [2.05, 4.69) is 6.07 Å². The van der Waals surface area contributed by atoms with E-state index in [1.54, 1.807) is 30.0 Å². The molecule has 0 aliphatic carbocycles. The van der Waals surface area contributed by atoms with E-state index in [1.165, 1.54) is 17.8 Å². The van der Waals surface area contributed by atoms with Crippen molar-refractivity contribution in [1.82, 2.24) is 0 Å². The highest BCUT2D eigenvalue weighted by Crippen LogP contribution is 2.28. The lowest BCUT2D eigenvalue weighted by Gasteiger charge is -2.25. The van der Waals surface area contributed by atoms with Crippen molar-refractivity contribution in [2.45, 2.75) is 30.4 Å². The maximum absolute atomic E-state index is 13.8. The molecule has 0 spiro atoms. The van der Waals surface area contributed by atoms with E-state index >= 15 is 0 Å².